The summed E-state index contributed by atoms with van der Waals surface area (Å²) in [5.41, 5.74) is 1.34. The van der Waals surface area contributed by atoms with Crippen molar-refractivity contribution in [2.45, 2.75) is 6.54 Å². The molecule has 0 aliphatic carbocycles. The van der Waals surface area contributed by atoms with E-state index in [-0.39, 0.29) is 23.3 Å². The lowest BCUT2D eigenvalue weighted by Crippen LogP contribution is -2.21. The Morgan fingerprint density at radius 2 is 1.80 bits per heavy atom. The molecule has 0 fully saturated rings. The molecule has 0 unspecified atom stereocenters. The summed E-state index contributed by atoms with van der Waals surface area (Å²) < 4.78 is 13.3. The first kappa shape index (κ1) is 19.1. The van der Waals surface area contributed by atoms with Crippen LogP contribution in [0.1, 0.15) is 5.56 Å². The Morgan fingerprint density at radius 3 is 2.47 bits per heavy atom. The summed E-state index contributed by atoms with van der Waals surface area (Å²) in [4.78, 5) is 27.5. The summed E-state index contributed by atoms with van der Waals surface area (Å²) in [6.07, 6.45) is 1.40. The minimum atomic E-state index is -0.476. The molecule has 0 saturated heterocycles. The molecule has 152 valence electrons. The van der Waals surface area contributed by atoms with Crippen LogP contribution in [0.15, 0.2) is 53.6 Å². The van der Waals surface area contributed by atoms with Crippen LogP contribution in [0.3, 0.4) is 0 Å². The molecule has 11 nitrogen and oxygen atoms in total. The fourth-order valence-electron chi connectivity index (χ4n) is 3.01. The second-order valence-electron chi connectivity index (χ2n) is 6.31. The van der Waals surface area contributed by atoms with E-state index < -0.39 is 4.92 Å². The van der Waals surface area contributed by atoms with Crippen molar-refractivity contribution in [3.63, 3.8) is 0 Å². The third-order valence-corrected chi connectivity index (χ3v) is 4.54. The zero-order valence-electron chi connectivity index (χ0n) is 16.1. The van der Waals surface area contributed by atoms with Gasteiger partial charge in [0, 0.05) is 18.2 Å². The van der Waals surface area contributed by atoms with Gasteiger partial charge in [-0.25, -0.2) is 4.98 Å². The van der Waals surface area contributed by atoms with Gasteiger partial charge in [-0.1, -0.05) is 17.3 Å². The van der Waals surface area contributed by atoms with Crippen molar-refractivity contribution in [3.8, 4) is 17.2 Å². The minimum absolute atomic E-state index is 0.0162. The largest absolute Gasteiger partial charge is 0.493 e. The smallest absolute Gasteiger partial charge is 0.283 e. The Bertz CT molecular complexity index is 1300. The van der Waals surface area contributed by atoms with Gasteiger partial charge in [-0.05, 0) is 17.7 Å². The van der Waals surface area contributed by atoms with Crippen molar-refractivity contribution in [1.29, 1.82) is 0 Å². The zero-order chi connectivity index (χ0) is 21.3. The van der Waals surface area contributed by atoms with Gasteiger partial charge < -0.3 is 9.47 Å². The standard InChI is InChI=1S/C19H16N6O5/c1-29-15-8-7-14(9-16(15)30-2)24-18-17(21-22-24)19(26)23(11-20-18)10-12-3-5-13(6-4-12)25(27)28/h3-9,11H,10H2,1-2H3. The monoisotopic (exact) mass is 408 g/mol. The lowest BCUT2D eigenvalue weighted by atomic mass is 10.2. The fourth-order valence-corrected chi connectivity index (χ4v) is 3.01. The Hall–Kier alpha value is -4.28. The summed E-state index contributed by atoms with van der Waals surface area (Å²) in [6.45, 7) is 0.197. The van der Waals surface area contributed by atoms with E-state index in [1.54, 1.807) is 30.3 Å². The summed E-state index contributed by atoms with van der Waals surface area (Å²) in [5, 5.41) is 18.8. The number of nitrogens with zero attached hydrogens (tertiary/aromatic N) is 6. The number of benzene rings is 2. The van der Waals surface area contributed by atoms with Crippen LogP contribution in [0.2, 0.25) is 0 Å². The quantitative estimate of drug-likeness (QED) is 0.350. The van der Waals surface area contributed by atoms with E-state index in [0.717, 1.165) is 5.56 Å². The van der Waals surface area contributed by atoms with Crippen LogP contribution >= 0.6 is 0 Å². The zero-order valence-corrected chi connectivity index (χ0v) is 16.1. The normalized spacial score (nSPS) is 10.9. The van der Waals surface area contributed by atoms with E-state index >= 15 is 0 Å². The topological polar surface area (TPSA) is 127 Å². The van der Waals surface area contributed by atoms with Crippen molar-refractivity contribution in [2.75, 3.05) is 14.2 Å². The van der Waals surface area contributed by atoms with Crippen molar-refractivity contribution >= 4 is 16.9 Å². The predicted octanol–water partition coefficient (Wildman–Crippen LogP) is 1.95. The molecule has 0 spiro atoms. The van der Waals surface area contributed by atoms with E-state index in [2.05, 4.69) is 15.3 Å². The molecule has 2 heterocycles. The first-order valence-electron chi connectivity index (χ1n) is 8.78. The predicted molar refractivity (Wildman–Crippen MR) is 106 cm³/mol. The summed E-state index contributed by atoms with van der Waals surface area (Å²) in [7, 11) is 3.06. The maximum atomic E-state index is 12.8. The summed E-state index contributed by atoms with van der Waals surface area (Å²) in [6, 6.07) is 11.1. The number of methoxy groups -OCH3 is 2. The van der Waals surface area contributed by atoms with Crippen LogP contribution in [0.4, 0.5) is 5.69 Å². The molecule has 2 aromatic carbocycles. The van der Waals surface area contributed by atoms with Gasteiger partial charge in [0.25, 0.3) is 11.2 Å². The van der Waals surface area contributed by atoms with Crippen LogP contribution in [-0.2, 0) is 6.54 Å². The number of fused-ring (bicyclic) bond motifs is 1. The summed E-state index contributed by atoms with van der Waals surface area (Å²) in [5.74, 6) is 1.06. The lowest BCUT2D eigenvalue weighted by molar-refractivity contribution is -0.384. The second-order valence-corrected chi connectivity index (χ2v) is 6.31. The third kappa shape index (κ3) is 3.32. The number of nitro benzene ring substituents is 1. The number of hydrogen-bond acceptors (Lipinski definition) is 8. The molecule has 30 heavy (non-hydrogen) atoms. The number of nitro groups is 1. The Balaban J connectivity index is 1.70. The first-order valence-corrected chi connectivity index (χ1v) is 8.78. The number of non-ortho nitro benzene ring substituents is 1. The molecule has 0 bridgehead atoms. The molecule has 0 saturated carbocycles. The van der Waals surface area contributed by atoms with Crippen molar-refractivity contribution in [2.24, 2.45) is 0 Å². The van der Waals surface area contributed by atoms with Gasteiger partial charge in [-0.2, -0.15) is 4.68 Å². The SMILES string of the molecule is COc1ccc(-n2nnc3c(=O)n(Cc4ccc([N+](=O)[O-])cc4)cnc32)cc1OC. The van der Waals surface area contributed by atoms with Crippen LogP contribution in [0.25, 0.3) is 16.9 Å². The van der Waals surface area contributed by atoms with Crippen LogP contribution < -0.4 is 15.0 Å². The van der Waals surface area contributed by atoms with E-state index in [4.69, 9.17) is 9.47 Å². The fraction of sp³-hybridized carbons (Fsp3) is 0.158. The maximum Gasteiger partial charge on any atom is 0.283 e. The maximum absolute atomic E-state index is 12.8. The molecule has 0 aliphatic heterocycles. The highest BCUT2D eigenvalue weighted by molar-refractivity contribution is 5.70. The van der Waals surface area contributed by atoms with E-state index in [1.165, 1.54) is 41.9 Å². The van der Waals surface area contributed by atoms with Gasteiger partial charge in [0.05, 0.1) is 31.4 Å². The molecular weight excluding hydrogens is 392 g/mol. The van der Waals surface area contributed by atoms with Crippen molar-refractivity contribution < 1.29 is 14.4 Å². The van der Waals surface area contributed by atoms with Crippen molar-refractivity contribution in [3.05, 3.63) is 74.8 Å². The average molecular weight is 408 g/mol. The van der Waals surface area contributed by atoms with E-state index in [9.17, 15) is 14.9 Å². The minimum Gasteiger partial charge on any atom is -0.493 e. The number of rotatable bonds is 6. The molecular formula is C19H16N6O5. The molecule has 11 heteroatoms. The number of aromatic nitrogens is 5. The first-order chi connectivity index (χ1) is 14.5. The lowest BCUT2D eigenvalue weighted by Gasteiger charge is -2.09. The van der Waals surface area contributed by atoms with Crippen molar-refractivity contribution in [1.82, 2.24) is 24.5 Å². The molecule has 0 atom stereocenters. The number of ether oxygens (including phenoxy) is 2. The highest BCUT2D eigenvalue weighted by atomic mass is 16.6. The Kier molecular flexibility index (Phi) is 4.84. The molecule has 0 amide bonds. The Labute approximate surface area is 169 Å². The van der Waals surface area contributed by atoms with Crippen LogP contribution in [0.5, 0.6) is 11.5 Å². The molecule has 0 aliphatic rings. The van der Waals surface area contributed by atoms with Gasteiger partial charge in [0.15, 0.2) is 22.7 Å². The molecule has 0 N–H and O–H groups in total. The van der Waals surface area contributed by atoms with Crippen LogP contribution in [0, 0.1) is 10.1 Å². The van der Waals surface area contributed by atoms with Gasteiger partial charge in [0.1, 0.15) is 6.33 Å². The molecule has 4 aromatic rings. The van der Waals surface area contributed by atoms with Crippen LogP contribution in [-0.4, -0.2) is 43.7 Å². The highest BCUT2D eigenvalue weighted by Crippen LogP contribution is 2.29. The molecule has 2 aromatic heterocycles. The highest BCUT2D eigenvalue weighted by Gasteiger charge is 2.15. The van der Waals surface area contributed by atoms with E-state index in [1.807, 2.05) is 0 Å². The number of hydrogen-bond donors (Lipinski definition) is 0. The Morgan fingerprint density at radius 1 is 1.07 bits per heavy atom. The van der Waals surface area contributed by atoms with Gasteiger partial charge >= 0.3 is 0 Å². The van der Waals surface area contributed by atoms with Gasteiger partial charge in [-0.3, -0.25) is 19.5 Å². The molecule has 4 rings (SSSR count). The van der Waals surface area contributed by atoms with Gasteiger partial charge in [-0.15, -0.1) is 5.10 Å². The molecule has 0 radical (unpaired) electrons. The average Bonchev–Trinajstić information content (AvgIpc) is 3.20. The van der Waals surface area contributed by atoms with E-state index in [0.29, 0.717) is 22.8 Å². The second kappa shape index (κ2) is 7.62. The summed E-state index contributed by atoms with van der Waals surface area (Å²) >= 11 is 0. The third-order valence-electron chi connectivity index (χ3n) is 4.54. The van der Waals surface area contributed by atoms with Gasteiger partial charge in [0.2, 0.25) is 0 Å².